The summed E-state index contributed by atoms with van der Waals surface area (Å²) in [6.07, 6.45) is 2.04. The van der Waals surface area contributed by atoms with Crippen molar-refractivity contribution in [1.82, 2.24) is 26.6 Å². The maximum atomic E-state index is 14.0. The minimum Gasteiger partial charge on any atom is -0.495 e. The molecule has 2 heterocycles. The van der Waals surface area contributed by atoms with Crippen LogP contribution in [0.15, 0.2) is 54.6 Å². The van der Waals surface area contributed by atoms with Gasteiger partial charge in [-0.2, -0.15) is 0 Å². The second-order valence-corrected chi connectivity index (χ2v) is 19.0. The van der Waals surface area contributed by atoms with Gasteiger partial charge in [0.05, 0.1) is 29.7 Å². The van der Waals surface area contributed by atoms with Gasteiger partial charge in [-0.05, 0) is 73.4 Å². The second kappa shape index (κ2) is 21.4. The molecule has 15 nitrogen and oxygen atoms in total. The van der Waals surface area contributed by atoms with Gasteiger partial charge in [0.15, 0.2) is 0 Å². The number of methoxy groups -OCH3 is 1. The Kier molecular flexibility index (Phi) is 17.1. The molecular formula is C46H65ClN6O9. The number of carbonyl (C=O) groups is 6. The van der Waals surface area contributed by atoms with Crippen LogP contribution in [0, 0.1) is 22.7 Å². The standard InChI is InChI=1S/C46H65ClN6O9/c1-25(2)37(48)42(57)51-27(4)40(55)49-23-28-14-17-30(18-15-28)39-38(62-39)26(3)34-12-11-13-36(54)52-32(21-29-16-19-35(60-10)31(47)20-29)41(56)50-24-46(8,9)44(59)53-33(43(58)61-34)22-45(5,6)7/h11,13-20,25-27,32-34,37-39H,12,21-24,48H2,1-10H3,(H,49,55)(H,50,56)(H,51,57)(H,52,54)(H,53,59)/b13-11+/t26?,27?,32-,33+,34+,37?,38-,39-/m1/s1. The molecule has 4 rings (SSSR count). The van der Waals surface area contributed by atoms with Gasteiger partial charge in [0, 0.05) is 31.8 Å². The number of rotatable bonds is 13. The summed E-state index contributed by atoms with van der Waals surface area (Å²) in [5, 5.41) is 14.4. The van der Waals surface area contributed by atoms with E-state index in [4.69, 9.17) is 31.5 Å². The van der Waals surface area contributed by atoms with E-state index in [0.29, 0.717) is 16.3 Å². The lowest BCUT2D eigenvalue weighted by Gasteiger charge is -2.32. The van der Waals surface area contributed by atoms with Gasteiger partial charge in [-0.1, -0.05) is 89.6 Å². The normalized spacial score (nSPS) is 24.3. The third-order valence-corrected chi connectivity index (χ3v) is 11.4. The fraction of sp³-hybridized carbons (Fsp3) is 0.565. The number of nitrogens with two attached hydrogens (primary N) is 1. The molecule has 8 atom stereocenters. The second-order valence-electron chi connectivity index (χ2n) is 18.6. The van der Waals surface area contributed by atoms with Gasteiger partial charge in [-0.25, -0.2) is 4.79 Å². The SMILES string of the molecule is COc1ccc(C[C@H]2NC(=O)/C=C/C[C@@H](C(C)[C@H]3O[C@@H]3c3ccc(CNC(=O)C(C)NC(=O)C(N)C(C)C)cc3)OC(=O)[C@H](CC(C)(C)C)NC(=O)C(C)(C)CNC2=O)cc1Cl. The summed E-state index contributed by atoms with van der Waals surface area (Å²) < 4.78 is 17.6. The fourth-order valence-corrected chi connectivity index (χ4v) is 7.21. The molecule has 1 saturated heterocycles. The molecule has 0 aliphatic carbocycles. The summed E-state index contributed by atoms with van der Waals surface area (Å²) in [4.78, 5) is 79.8. The van der Waals surface area contributed by atoms with Crippen molar-refractivity contribution in [2.75, 3.05) is 13.7 Å². The molecule has 2 aromatic rings. The van der Waals surface area contributed by atoms with Crippen molar-refractivity contribution in [3.63, 3.8) is 0 Å². The van der Waals surface area contributed by atoms with Crippen LogP contribution >= 0.6 is 11.6 Å². The van der Waals surface area contributed by atoms with E-state index >= 15 is 0 Å². The van der Waals surface area contributed by atoms with Crippen molar-refractivity contribution in [1.29, 1.82) is 0 Å². The molecule has 16 heteroatoms. The minimum absolute atomic E-state index is 0.0670. The molecule has 2 aromatic carbocycles. The van der Waals surface area contributed by atoms with E-state index in [0.717, 1.165) is 11.1 Å². The Morgan fingerprint density at radius 2 is 1.63 bits per heavy atom. The summed E-state index contributed by atoms with van der Waals surface area (Å²) in [6, 6.07) is 9.18. The molecule has 5 amide bonds. The number of carbonyl (C=O) groups excluding carboxylic acids is 6. The quantitative estimate of drug-likeness (QED) is 0.125. The van der Waals surface area contributed by atoms with E-state index in [1.165, 1.54) is 13.2 Å². The fourth-order valence-electron chi connectivity index (χ4n) is 6.93. The van der Waals surface area contributed by atoms with Crippen LogP contribution in [0.25, 0.3) is 0 Å². The molecule has 7 N–H and O–H groups in total. The molecule has 1 fully saturated rings. The van der Waals surface area contributed by atoms with Crippen LogP contribution in [0.2, 0.25) is 5.02 Å². The molecule has 0 aromatic heterocycles. The maximum absolute atomic E-state index is 14.0. The summed E-state index contributed by atoms with van der Waals surface area (Å²) in [6.45, 7) is 16.5. The zero-order valence-electron chi connectivity index (χ0n) is 37.6. The first-order valence-corrected chi connectivity index (χ1v) is 21.5. The van der Waals surface area contributed by atoms with E-state index in [-0.39, 0.29) is 73.6 Å². The summed E-state index contributed by atoms with van der Waals surface area (Å²) in [5.41, 5.74) is 6.78. The van der Waals surface area contributed by atoms with Gasteiger partial charge in [0.2, 0.25) is 29.5 Å². The smallest absolute Gasteiger partial charge is 0.328 e. The lowest BCUT2D eigenvalue weighted by Crippen LogP contribution is -2.54. The van der Waals surface area contributed by atoms with Crippen LogP contribution in [0.3, 0.4) is 0 Å². The first-order chi connectivity index (χ1) is 29.0. The van der Waals surface area contributed by atoms with E-state index in [2.05, 4.69) is 26.6 Å². The van der Waals surface area contributed by atoms with Crippen molar-refractivity contribution in [2.45, 2.75) is 131 Å². The van der Waals surface area contributed by atoms with Gasteiger partial charge in [0.25, 0.3) is 0 Å². The zero-order valence-corrected chi connectivity index (χ0v) is 38.3. The Morgan fingerprint density at radius 3 is 2.24 bits per heavy atom. The summed E-state index contributed by atoms with van der Waals surface area (Å²) in [7, 11) is 1.50. The van der Waals surface area contributed by atoms with Crippen molar-refractivity contribution >= 4 is 47.1 Å². The van der Waals surface area contributed by atoms with Crippen LogP contribution < -0.4 is 37.1 Å². The first kappa shape index (κ1) is 49.7. The van der Waals surface area contributed by atoms with Crippen LogP contribution in [0.5, 0.6) is 5.75 Å². The van der Waals surface area contributed by atoms with Crippen molar-refractivity contribution < 1.29 is 43.0 Å². The Labute approximate surface area is 370 Å². The van der Waals surface area contributed by atoms with Crippen molar-refractivity contribution in [3.8, 4) is 5.75 Å². The minimum atomic E-state index is -1.15. The number of nitrogens with one attached hydrogen (secondary N) is 5. The van der Waals surface area contributed by atoms with Gasteiger partial charge in [0.1, 0.15) is 36.1 Å². The van der Waals surface area contributed by atoms with Crippen LogP contribution in [-0.2, 0) is 51.2 Å². The number of halogens is 1. The predicted molar refractivity (Wildman–Crippen MR) is 236 cm³/mol. The van der Waals surface area contributed by atoms with E-state index < -0.39 is 59.4 Å². The molecular weight excluding hydrogens is 816 g/mol. The lowest BCUT2D eigenvalue weighted by molar-refractivity contribution is -0.157. The van der Waals surface area contributed by atoms with Crippen molar-refractivity contribution in [2.24, 2.45) is 28.4 Å². The highest BCUT2D eigenvalue weighted by Gasteiger charge is 2.48. The molecule has 0 bridgehead atoms. The third-order valence-electron chi connectivity index (χ3n) is 11.1. The van der Waals surface area contributed by atoms with E-state index in [9.17, 15) is 28.8 Å². The number of amides is 5. The third kappa shape index (κ3) is 14.3. The van der Waals surface area contributed by atoms with E-state index in [1.54, 1.807) is 45.0 Å². The summed E-state index contributed by atoms with van der Waals surface area (Å²) >= 11 is 6.37. The molecule has 0 radical (unpaired) electrons. The molecule has 0 saturated carbocycles. The van der Waals surface area contributed by atoms with Gasteiger partial charge < -0.3 is 46.5 Å². The number of hydrogen-bond acceptors (Lipinski definition) is 10. The Bertz CT molecular complexity index is 1960. The zero-order chi connectivity index (χ0) is 46.1. The number of epoxide rings is 1. The highest BCUT2D eigenvalue weighted by Crippen LogP contribution is 2.45. The number of hydrogen-bond donors (Lipinski definition) is 6. The van der Waals surface area contributed by atoms with Gasteiger partial charge >= 0.3 is 5.97 Å². The molecule has 0 spiro atoms. The number of esters is 1. The first-order valence-electron chi connectivity index (χ1n) is 21.2. The summed E-state index contributed by atoms with van der Waals surface area (Å²) in [5.74, 6) is -2.79. The molecule has 340 valence electrons. The number of benzene rings is 2. The van der Waals surface area contributed by atoms with Gasteiger partial charge in [-0.3, -0.25) is 24.0 Å². The Morgan fingerprint density at radius 1 is 0.968 bits per heavy atom. The molecule has 2 aliphatic rings. The molecule has 62 heavy (non-hydrogen) atoms. The van der Waals surface area contributed by atoms with Crippen molar-refractivity contribution in [3.05, 3.63) is 76.3 Å². The average molecular weight is 882 g/mol. The number of cyclic esters (lactones) is 1. The Hall–Kier alpha value is -4.99. The highest BCUT2D eigenvalue weighted by molar-refractivity contribution is 6.32. The van der Waals surface area contributed by atoms with Crippen LogP contribution in [0.1, 0.15) is 97.9 Å². The predicted octanol–water partition coefficient (Wildman–Crippen LogP) is 4.19. The van der Waals surface area contributed by atoms with Gasteiger partial charge in [-0.15, -0.1) is 0 Å². The highest BCUT2D eigenvalue weighted by atomic mass is 35.5. The molecule has 2 aliphatic heterocycles. The Balaban J connectivity index is 1.51. The topological polar surface area (TPSA) is 220 Å². The van der Waals surface area contributed by atoms with E-state index in [1.807, 2.05) is 65.8 Å². The average Bonchev–Trinajstić information content (AvgIpc) is 4.01. The maximum Gasteiger partial charge on any atom is 0.328 e. The lowest BCUT2D eigenvalue weighted by atomic mass is 9.86. The monoisotopic (exact) mass is 880 g/mol. The molecule has 3 unspecified atom stereocenters. The van der Waals surface area contributed by atoms with Crippen LogP contribution in [-0.4, -0.2) is 85.5 Å². The number of ether oxygens (including phenoxy) is 3. The van der Waals surface area contributed by atoms with Crippen LogP contribution in [0.4, 0.5) is 0 Å². The largest absolute Gasteiger partial charge is 0.495 e.